The molecule has 68 valence electrons. The summed E-state index contributed by atoms with van der Waals surface area (Å²) < 4.78 is 0. The highest BCUT2D eigenvalue weighted by Gasteiger charge is 2.33. The van der Waals surface area contributed by atoms with Gasteiger partial charge in [0, 0.05) is 13.0 Å². The van der Waals surface area contributed by atoms with Gasteiger partial charge in [-0.15, -0.1) is 0 Å². The van der Waals surface area contributed by atoms with Gasteiger partial charge in [-0.2, -0.15) is 0 Å². The third-order valence-corrected chi connectivity index (χ3v) is 2.00. The van der Waals surface area contributed by atoms with Crippen LogP contribution in [-0.2, 0) is 9.59 Å². The molecule has 0 aromatic heterocycles. The van der Waals surface area contributed by atoms with E-state index >= 15 is 0 Å². The van der Waals surface area contributed by atoms with Crippen molar-refractivity contribution >= 4 is 11.8 Å². The van der Waals surface area contributed by atoms with E-state index in [1.54, 1.807) is 0 Å². The summed E-state index contributed by atoms with van der Waals surface area (Å²) in [7, 11) is 0. The molecule has 3 N–H and O–H groups in total. The summed E-state index contributed by atoms with van der Waals surface area (Å²) in [6, 6.07) is -0.510. The number of amides is 2. The first-order valence-corrected chi connectivity index (χ1v) is 3.86. The van der Waals surface area contributed by atoms with Gasteiger partial charge in [-0.3, -0.25) is 9.59 Å². The summed E-state index contributed by atoms with van der Waals surface area (Å²) in [5.41, 5.74) is 5.07. The molecule has 1 atom stereocenters. The van der Waals surface area contributed by atoms with Crippen LogP contribution in [0.4, 0.5) is 0 Å². The van der Waals surface area contributed by atoms with Crippen LogP contribution in [0.3, 0.4) is 0 Å². The van der Waals surface area contributed by atoms with Gasteiger partial charge in [0.1, 0.15) is 6.04 Å². The number of primary amides is 1. The topological polar surface area (TPSA) is 83.6 Å². The first-order valence-electron chi connectivity index (χ1n) is 3.86. The highest BCUT2D eigenvalue weighted by Crippen LogP contribution is 2.17. The molecule has 0 aliphatic carbocycles. The number of hydrogen-bond donors (Lipinski definition) is 2. The van der Waals surface area contributed by atoms with Crippen molar-refractivity contribution in [2.75, 3.05) is 13.2 Å². The molecule has 1 fully saturated rings. The van der Waals surface area contributed by atoms with E-state index in [-0.39, 0.29) is 19.1 Å². The van der Waals surface area contributed by atoms with E-state index in [4.69, 9.17) is 10.8 Å². The van der Waals surface area contributed by atoms with Crippen LogP contribution in [-0.4, -0.2) is 41.0 Å². The summed E-state index contributed by atoms with van der Waals surface area (Å²) in [5, 5.41) is 8.60. The number of β-amino-alcohol motifs (C(OH)–C–C–N with tert-alkyl or cyclic N) is 1. The Kier molecular flexibility index (Phi) is 2.65. The lowest BCUT2D eigenvalue weighted by atomic mass is 10.2. The van der Waals surface area contributed by atoms with Gasteiger partial charge in [0.15, 0.2) is 0 Å². The molecule has 0 saturated carbocycles. The van der Waals surface area contributed by atoms with Crippen molar-refractivity contribution in [1.29, 1.82) is 0 Å². The average molecular weight is 172 g/mol. The number of hydrogen-bond acceptors (Lipinski definition) is 3. The first-order chi connectivity index (χ1) is 5.66. The molecule has 0 bridgehead atoms. The molecule has 12 heavy (non-hydrogen) atoms. The van der Waals surface area contributed by atoms with Gasteiger partial charge in [-0.1, -0.05) is 0 Å². The number of carbonyl (C=O) groups excluding carboxylic acids is 2. The third kappa shape index (κ3) is 1.55. The lowest BCUT2D eigenvalue weighted by Gasteiger charge is -2.20. The van der Waals surface area contributed by atoms with Crippen molar-refractivity contribution < 1.29 is 14.7 Å². The number of aliphatic hydroxyl groups excluding tert-OH is 1. The van der Waals surface area contributed by atoms with E-state index in [1.165, 1.54) is 4.90 Å². The predicted molar refractivity (Wildman–Crippen MR) is 41.0 cm³/mol. The minimum Gasteiger partial charge on any atom is -0.395 e. The molecule has 1 aliphatic rings. The van der Waals surface area contributed by atoms with Crippen molar-refractivity contribution in [2.24, 2.45) is 5.73 Å². The number of nitrogens with two attached hydrogens (primary N) is 1. The molecular formula is C7H12N2O3. The lowest BCUT2D eigenvalue weighted by Crippen LogP contribution is -2.43. The number of carbonyl (C=O) groups is 2. The summed E-state index contributed by atoms with van der Waals surface area (Å²) in [4.78, 5) is 23.2. The fourth-order valence-corrected chi connectivity index (χ4v) is 1.42. The Labute approximate surface area is 70.1 Å². The van der Waals surface area contributed by atoms with Crippen LogP contribution < -0.4 is 5.73 Å². The minimum absolute atomic E-state index is 0.104. The standard InChI is InChI=1S/C7H12N2O3/c8-7(12)5-1-2-6(11)9(5)3-4-10/h5,10H,1-4H2,(H2,8,12)/t5-/m0/s1. The van der Waals surface area contributed by atoms with Gasteiger partial charge in [0.05, 0.1) is 6.61 Å². The van der Waals surface area contributed by atoms with Crippen molar-refractivity contribution in [3.63, 3.8) is 0 Å². The smallest absolute Gasteiger partial charge is 0.240 e. The molecule has 0 aromatic rings. The molecule has 0 spiro atoms. The Morgan fingerprint density at radius 2 is 2.42 bits per heavy atom. The Hall–Kier alpha value is -1.10. The number of rotatable bonds is 3. The fourth-order valence-electron chi connectivity index (χ4n) is 1.42. The van der Waals surface area contributed by atoms with Crippen molar-refractivity contribution in [3.8, 4) is 0 Å². The fraction of sp³-hybridized carbons (Fsp3) is 0.714. The average Bonchev–Trinajstić information content (AvgIpc) is 2.34. The molecule has 5 nitrogen and oxygen atoms in total. The van der Waals surface area contributed by atoms with E-state index in [9.17, 15) is 9.59 Å². The SMILES string of the molecule is NC(=O)[C@@H]1CCC(=O)N1CCO. The van der Waals surface area contributed by atoms with Crippen LogP contribution >= 0.6 is 0 Å². The largest absolute Gasteiger partial charge is 0.395 e. The number of aliphatic hydroxyl groups is 1. The maximum Gasteiger partial charge on any atom is 0.240 e. The van der Waals surface area contributed by atoms with Crippen molar-refractivity contribution in [3.05, 3.63) is 0 Å². The maximum atomic E-state index is 11.1. The van der Waals surface area contributed by atoms with Crippen LogP contribution in [0.15, 0.2) is 0 Å². The summed E-state index contributed by atoms with van der Waals surface area (Å²) in [6.07, 6.45) is 0.835. The van der Waals surface area contributed by atoms with Crippen LogP contribution in [0.25, 0.3) is 0 Å². The zero-order chi connectivity index (χ0) is 9.14. The zero-order valence-electron chi connectivity index (χ0n) is 6.69. The Balaban J connectivity index is 2.63. The van der Waals surface area contributed by atoms with Crippen molar-refractivity contribution in [2.45, 2.75) is 18.9 Å². The molecule has 5 heteroatoms. The maximum absolute atomic E-state index is 11.1. The van der Waals surface area contributed by atoms with Gasteiger partial charge < -0.3 is 15.7 Å². The number of nitrogens with zero attached hydrogens (tertiary/aromatic N) is 1. The highest BCUT2D eigenvalue weighted by atomic mass is 16.3. The van der Waals surface area contributed by atoms with E-state index in [1.807, 2.05) is 0 Å². The first kappa shape index (κ1) is 8.99. The minimum atomic E-state index is -0.510. The van der Waals surface area contributed by atoms with E-state index in [2.05, 4.69) is 0 Å². The van der Waals surface area contributed by atoms with Crippen LogP contribution in [0.2, 0.25) is 0 Å². The molecule has 2 amide bonds. The van der Waals surface area contributed by atoms with Crippen LogP contribution in [0.1, 0.15) is 12.8 Å². The van der Waals surface area contributed by atoms with Gasteiger partial charge in [-0.05, 0) is 6.42 Å². The number of likely N-dealkylation sites (tertiary alicyclic amines) is 1. The second-order valence-electron chi connectivity index (χ2n) is 2.77. The van der Waals surface area contributed by atoms with E-state index in [0.717, 1.165) is 0 Å². The Bertz CT molecular complexity index is 205. The van der Waals surface area contributed by atoms with E-state index < -0.39 is 11.9 Å². The molecular weight excluding hydrogens is 160 g/mol. The predicted octanol–water partition coefficient (Wildman–Crippen LogP) is -1.54. The summed E-state index contributed by atoms with van der Waals surface area (Å²) >= 11 is 0. The van der Waals surface area contributed by atoms with Gasteiger partial charge in [0.25, 0.3) is 0 Å². The van der Waals surface area contributed by atoms with Gasteiger partial charge in [-0.25, -0.2) is 0 Å². The molecule has 1 aliphatic heterocycles. The van der Waals surface area contributed by atoms with Gasteiger partial charge in [0.2, 0.25) is 11.8 Å². The monoisotopic (exact) mass is 172 g/mol. The molecule has 1 saturated heterocycles. The second-order valence-corrected chi connectivity index (χ2v) is 2.77. The summed E-state index contributed by atoms with van der Waals surface area (Å²) in [5.74, 6) is -0.595. The molecule has 0 radical (unpaired) electrons. The van der Waals surface area contributed by atoms with Crippen LogP contribution in [0.5, 0.6) is 0 Å². The molecule has 1 rings (SSSR count). The lowest BCUT2D eigenvalue weighted by molar-refractivity contribution is -0.134. The van der Waals surface area contributed by atoms with E-state index in [0.29, 0.717) is 12.8 Å². The van der Waals surface area contributed by atoms with Crippen molar-refractivity contribution in [1.82, 2.24) is 4.90 Å². The molecule has 0 aromatic carbocycles. The highest BCUT2D eigenvalue weighted by molar-refractivity contribution is 5.89. The Morgan fingerprint density at radius 3 is 2.92 bits per heavy atom. The normalized spacial score (nSPS) is 23.2. The second kappa shape index (κ2) is 3.53. The zero-order valence-corrected chi connectivity index (χ0v) is 6.69. The molecule has 1 heterocycles. The molecule has 0 unspecified atom stereocenters. The van der Waals surface area contributed by atoms with Crippen LogP contribution in [0, 0.1) is 0 Å². The quantitative estimate of drug-likeness (QED) is 0.541. The summed E-state index contributed by atoms with van der Waals surface area (Å²) in [6.45, 7) is 0.0714. The third-order valence-electron chi connectivity index (χ3n) is 2.00. The van der Waals surface area contributed by atoms with Gasteiger partial charge >= 0.3 is 0 Å². The Morgan fingerprint density at radius 1 is 1.75 bits per heavy atom.